The first-order chi connectivity index (χ1) is 16.0. The van der Waals surface area contributed by atoms with Crippen molar-refractivity contribution >= 4 is 0 Å². The molecule has 1 atom stereocenters. The predicted molar refractivity (Wildman–Crippen MR) is 127 cm³/mol. The Kier molecular flexibility index (Phi) is 6.83. The van der Waals surface area contributed by atoms with Gasteiger partial charge in [0.05, 0.1) is 6.61 Å². The summed E-state index contributed by atoms with van der Waals surface area (Å²) < 4.78 is 48.3. The van der Waals surface area contributed by atoms with Crippen LogP contribution in [0.15, 0.2) is 84.9 Å². The fourth-order valence-corrected chi connectivity index (χ4v) is 4.01. The van der Waals surface area contributed by atoms with E-state index in [-0.39, 0.29) is 17.7 Å². The SMILES string of the molecule is CCOc1c(F)cc(-c2ccc(-c3ccc(CC(C)c4ccccc4)cc3)cc2F)cc1F. The van der Waals surface area contributed by atoms with E-state index >= 15 is 0 Å². The monoisotopic (exact) mass is 446 g/mol. The molecule has 0 heterocycles. The van der Waals surface area contributed by atoms with Crippen LogP contribution in [0.3, 0.4) is 0 Å². The van der Waals surface area contributed by atoms with Gasteiger partial charge in [0.15, 0.2) is 17.4 Å². The lowest BCUT2D eigenvalue weighted by molar-refractivity contribution is 0.303. The molecule has 33 heavy (non-hydrogen) atoms. The molecule has 168 valence electrons. The summed E-state index contributed by atoms with van der Waals surface area (Å²) in [6.45, 7) is 3.98. The second-order valence-corrected chi connectivity index (χ2v) is 8.11. The highest BCUT2D eigenvalue weighted by molar-refractivity contribution is 5.71. The Balaban J connectivity index is 1.53. The maximum atomic E-state index is 14.9. The summed E-state index contributed by atoms with van der Waals surface area (Å²) in [5.74, 6) is -2.30. The van der Waals surface area contributed by atoms with Crippen molar-refractivity contribution in [3.05, 3.63) is 114 Å². The van der Waals surface area contributed by atoms with E-state index < -0.39 is 23.2 Å². The van der Waals surface area contributed by atoms with Crippen molar-refractivity contribution in [2.24, 2.45) is 0 Å². The molecule has 0 aliphatic rings. The van der Waals surface area contributed by atoms with Gasteiger partial charge in [-0.2, -0.15) is 0 Å². The second-order valence-electron chi connectivity index (χ2n) is 8.11. The summed E-state index contributed by atoms with van der Waals surface area (Å²) in [6, 6.07) is 25.3. The largest absolute Gasteiger partial charge is 0.488 e. The molecule has 0 aromatic heterocycles. The van der Waals surface area contributed by atoms with Crippen molar-refractivity contribution in [3.63, 3.8) is 0 Å². The van der Waals surface area contributed by atoms with Crippen LogP contribution in [0.4, 0.5) is 13.2 Å². The van der Waals surface area contributed by atoms with Crippen molar-refractivity contribution in [2.45, 2.75) is 26.2 Å². The van der Waals surface area contributed by atoms with Crippen molar-refractivity contribution < 1.29 is 17.9 Å². The zero-order valence-corrected chi connectivity index (χ0v) is 18.6. The molecule has 4 aromatic carbocycles. The van der Waals surface area contributed by atoms with E-state index in [0.29, 0.717) is 11.5 Å². The van der Waals surface area contributed by atoms with Gasteiger partial charge in [-0.1, -0.05) is 73.7 Å². The normalized spacial score (nSPS) is 11.9. The molecule has 0 aliphatic carbocycles. The Morgan fingerprint density at radius 3 is 1.91 bits per heavy atom. The van der Waals surface area contributed by atoms with Crippen molar-refractivity contribution in [2.75, 3.05) is 6.61 Å². The quantitative estimate of drug-likeness (QED) is 0.278. The molecular weight excluding hydrogens is 421 g/mol. The molecule has 0 saturated carbocycles. The van der Waals surface area contributed by atoms with Crippen LogP contribution in [-0.2, 0) is 6.42 Å². The zero-order chi connectivity index (χ0) is 23.4. The van der Waals surface area contributed by atoms with Gasteiger partial charge in [0, 0.05) is 5.56 Å². The van der Waals surface area contributed by atoms with Crippen LogP contribution in [0.5, 0.6) is 5.75 Å². The number of rotatable bonds is 7. The molecule has 0 spiro atoms. The van der Waals surface area contributed by atoms with E-state index in [0.717, 1.165) is 24.1 Å². The average Bonchev–Trinajstić information content (AvgIpc) is 2.82. The van der Waals surface area contributed by atoms with Crippen molar-refractivity contribution in [1.82, 2.24) is 0 Å². The van der Waals surface area contributed by atoms with Crippen LogP contribution < -0.4 is 4.74 Å². The van der Waals surface area contributed by atoms with E-state index in [1.807, 2.05) is 30.3 Å². The third-order valence-electron chi connectivity index (χ3n) is 5.76. The van der Waals surface area contributed by atoms with Crippen LogP contribution >= 0.6 is 0 Å². The summed E-state index contributed by atoms with van der Waals surface area (Å²) >= 11 is 0. The minimum atomic E-state index is -0.851. The van der Waals surface area contributed by atoms with Gasteiger partial charge in [-0.15, -0.1) is 0 Å². The molecular formula is C29H25F3O. The van der Waals surface area contributed by atoms with Gasteiger partial charge >= 0.3 is 0 Å². The lowest BCUT2D eigenvalue weighted by Gasteiger charge is -2.13. The Hall–Kier alpha value is -3.53. The molecule has 0 N–H and O–H groups in total. The molecule has 0 saturated heterocycles. The van der Waals surface area contributed by atoms with Crippen molar-refractivity contribution in [1.29, 1.82) is 0 Å². The number of hydrogen-bond acceptors (Lipinski definition) is 1. The molecule has 4 aromatic rings. The third kappa shape index (κ3) is 5.11. The van der Waals surface area contributed by atoms with Gasteiger partial charge in [-0.25, -0.2) is 13.2 Å². The van der Waals surface area contributed by atoms with E-state index in [9.17, 15) is 13.2 Å². The first-order valence-electron chi connectivity index (χ1n) is 11.0. The minimum absolute atomic E-state index is 0.128. The molecule has 0 aliphatic heterocycles. The van der Waals surface area contributed by atoms with Crippen LogP contribution in [0.25, 0.3) is 22.3 Å². The van der Waals surface area contributed by atoms with Crippen LogP contribution in [-0.4, -0.2) is 6.61 Å². The van der Waals surface area contributed by atoms with E-state index in [2.05, 4.69) is 31.2 Å². The maximum Gasteiger partial charge on any atom is 0.190 e. The molecule has 0 fully saturated rings. The predicted octanol–water partition coefficient (Wildman–Crippen LogP) is 8.18. The molecule has 1 unspecified atom stereocenters. The molecule has 1 nitrogen and oxygen atoms in total. The maximum absolute atomic E-state index is 14.9. The second kappa shape index (κ2) is 9.95. The number of ether oxygens (including phenoxy) is 1. The Morgan fingerprint density at radius 2 is 1.30 bits per heavy atom. The highest BCUT2D eigenvalue weighted by Crippen LogP contribution is 2.33. The fourth-order valence-electron chi connectivity index (χ4n) is 4.01. The van der Waals surface area contributed by atoms with Gasteiger partial charge in [0.25, 0.3) is 0 Å². The highest BCUT2D eigenvalue weighted by atomic mass is 19.1. The summed E-state index contributed by atoms with van der Waals surface area (Å²) in [5, 5.41) is 0. The Bertz CT molecular complexity index is 1210. The van der Waals surface area contributed by atoms with E-state index in [1.165, 1.54) is 17.2 Å². The first-order valence-corrected chi connectivity index (χ1v) is 11.0. The molecule has 0 radical (unpaired) electrons. The topological polar surface area (TPSA) is 9.23 Å². The van der Waals surface area contributed by atoms with Gasteiger partial charge in [-0.05, 0) is 65.3 Å². The van der Waals surface area contributed by atoms with Gasteiger partial charge in [-0.3, -0.25) is 0 Å². The highest BCUT2D eigenvalue weighted by Gasteiger charge is 2.16. The number of hydrogen-bond donors (Lipinski definition) is 0. The number of benzene rings is 4. The summed E-state index contributed by atoms with van der Waals surface area (Å²) in [5.41, 5.74) is 4.33. The summed E-state index contributed by atoms with van der Waals surface area (Å²) in [4.78, 5) is 0. The van der Waals surface area contributed by atoms with Crippen LogP contribution in [0.2, 0.25) is 0 Å². The van der Waals surface area contributed by atoms with Gasteiger partial charge in [0.2, 0.25) is 0 Å². The lowest BCUT2D eigenvalue weighted by atomic mass is 9.92. The molecule has 0 bridgehead atoms. The van der Waals surface area contributed by atoms with Gasteiger partial charge in [0.1, 0.15) is 5.82 Å². The van der Waals surface area contributed by atoms with E-state index in [1.54, 1.807) is 19.1 Å². The Morgan fingerprint density at radius 1 is 0.697 bits per heavy atom. The molecule has 4 rings (SSSR count). The molecule has 4 heteroatoms. The van der Waals surface area contributed by atoms with Crippen molar-refractivity contribution in [3.8, 4) is 28.0 Å². The first kappa shape index (κ1) is 22.7. The van der Waals surface area contributed by atoms with E-state index in [4.69, 9.17) is 4.74 Å². The molecule has 0 amide bonds. The smallest absolute Gasteiger partial charge is 0.190 e. The average molecular weight is 447 g/mol. The zero-order valence-electron chi connectivity index (χ0n) is 18.6. The number of halogens is 3. The van der Waals surface area contributed by atoms with Crippen LogP contribution in [0.1, 0.15) is 30.9 Å². The van der Waals surface area contributed by atoms with Crippen LogP contribution in [0, 0.1) is 17.5 Å². The third-order valence-corrected chi connectivity index (χ3v) is 5.76. The summed E-state index contributed by atoms with van der Waals surface area (Å²) in [6.07, 6.45) is 0.909. The minimum Gasteiger partial charge on any atom is -0.488 e. The standard InChI is InChI=1S/C29H25F3O/c1-3-33-29-27(31)17-24(18-28(29)32)25-14-13-23(16-26(25)30)22-11-9-20(10-12-22)15-19(2)21-7-5-4-6-8-21/h4-14,16-19H,3,15H2,1-2H3. The Labute approximate surface area is 192 Å². The summed E-state index contributed by atoms with van der Waals surface area (Å²) in [7, 11) is 0. The lowest BCUT2D eigenvalue weighted by Crippen LogP contribution is -1.99. The fraction of sp³-hybridized carbons (Fsp3) is 0.172. The van der Waals surface area contributed by atoms with Gasteiger partial charge < -0.3 is 4.74 Å².